The van der Waals surface area contributed by atoms with Crippen molar-refractivity contribution in [2.45, 2.75) is 20.3 Å². The molecule has 0 aromatic heterocycles. The molecular weight excluding hydrogens is 353 g/mol. The fraction of sp³-hybridized carbons (Fsp3) is 0.500. The van der Waals surface area contributed by atoms with Gasteiger partial charge in [-0.2, -0.15) is 0 Å². The summed E-state index contributed by atoms with van der Waals surface area (Å²) in [5, 5.41) is 6.41. The van der Waals surface area contributed by atoms with Gasteiger partial charge >= 0.3 is 0 Å². The molecular formula is C14H24IN3O. The van der Waals surface area contributed by atoms with Gasteiger partial charge in [0.25, 0.3) is 0 Å². The van der Waals surface area contributed by atoms with Gasteiger partial charge in [-0.1, -0.05) is 19.1 Å². The van der Waals surface area contributed by atoms with Gasteiger partial charge in [0.15, 0.2) is 5.96 Å². The van der Waals surface area contributed by atoms with E-state index in [9.17, 15) is 0 Å². The molecule has 0 unspecified atom stereocenters. The first-order valence-corrected chi connectivity index (χ1v) is 6.40. The molecule has 0 aliphatic rings. The number of rotatable bonds is 6. The zero-order valence-corrected chi connectivity index (χ0v) is 14.2. The number of guanidine groups is 1. The molecule has 1 aromatic rings. The van der Waals surface area contributed by atoms with Crippen molar-refractivity contribution < 1.29 is 4.74 Å². The summed E-state index contributed by atoms with van der Waals surface area (Å²) < 4.78 is 5.64. The van der Waals surface area contributed by atoms with E-state index in [1.54, 1.807) is 7.05 Å². The number of aliphatic imine (C=N–C) groups is 1. The number of ether oxygens (including phenoxy) is 1. The van der Waals surface area contributed by atoms with Crippen molar-refractivity contribution in [1.29, 1.82) is 0 Å². The molecule has 0 bridgehead atoms. The Kier molecular flexibility index (Phi) is 10.3. The van der Waals surface area contributed by atoms with E-state index in [4.69, 9.17) is 4.74 Å². The number of aryl methyl sites for hydroxylation is 1. The van der Waals surface area contributed by atoms with Gasteiger partial charge < -0.3 is 15.4 Å². The standard InChI is InChI=1S/C14H23N3O.HI/c1-4-8-16-14(15-3)17-9-10-18-13-7-5-6-12(2)11-13;/h5-7,11H,4,8-10H2,1-3H3,(H2,15,16,17);1H. The lowest BCUT2D eigenvalue weighted by molar-refractivity contribution is 0.321. The van der Waals surface area contributed by atoms with Gasteiger partial charge in [0.05, 0.1) is 6.54 Å². The minimum Gasteiger partial charge on any atom is -0.492 e. The number of nitrogens with one attached hydrogen (secondary N) is 2. The van der Waals surface area contributed by atoms with Crippen molar-refractivity contribution >= 4 is 29.9 Å². The van der Waals surface area contributed by atoms with E-state index in [1.807, 2.05) is 18.2 Å². The average Bonchev–Trinajstić information content (AvgIpc) is 2.38. The molecule has 4 nitrogen and oxygen atoms in total. The van der Waals surface area contributed by atoms with Gasteiger partial charge in [-0.15, -0.1) is 24.0 Å². The Morgan fingerprint density at radius 2 is 2.00 bits per heavy atom. The van der Waals surface area contributed by atoms with Crippen LogP contribution in [0, 0.1) is 6.92 Å². The third-order valence-corrected chi connectivity index (χ3v) is 2.42. The zero-order chi connectivity index (χ0) is 13.2. The van der Waals surface area contributed by atoms with E-state index < -0.39 is 0 Å². The monoisotopic (exact) mass is 377 g/mol. The Labute approximate surface area is 133 Å². The number of benzene rings is 1. The molecule has 0 saturated carbocycles. The molecule has 108 valence electrons. The highest BCUT2D eigenvalue weighted by atomic mass is 127. The summed E-state index contributed by atoms with van der Waals surface area (Å²) in [6.45, 7) is 6.47. The maximum absolute atomic E-state index is 5.64. The molecule has 1 aromatic carbocycles. The zero-order valence-electron chi connectivity index (χ0n) is 11.9. The fourth-order valence-corrected chi connectivity index (χ4v) is 1.51. The molecule has 0 atom stereocenters. The van der Waals surface area contributed by atoms with Crippen LogP contribution in [0.5, 0.6) is 5.75 Å². The van der Waals surface area contributed by atoms with Crippen LogP contribution in [0.2, 0.25) is 0 Å². The first kappa shape index (κ1) is 18.0. The summed E-state index contributed by atoms with van der Waals surface area (Å²) in [6.07, 6.45) is 1.08. The van der Waals surface area contributed by atoms with Gasteiger partial charge in [-0.25, -0.2) is 0 Å². The van der Waals surface area contributed by atoms with Gasteiger partial charge in [0.2, 0.25) is 0 Å². The third kappa shape index (κ3) is 7.92. The van der Waals surface area contributed by atoms with Crippen molar-refractivity contribution in [2.24, 2.45) is 4.99 Å². The molecule has 0 aliphatic heterocycles. The lowest BCUT2D eigenvalue weighted by Crippen LogP contribution is -2.39. The highest BCUT2D eigenvalue weighted by Gasteiger charge is 1.96. The summed E-state index contributed by atoms with van der Waals surface area (Å²) in [5.74, 6) is 1.73. The van der Waals surface area contributed by atoms with Crippen LogP contribution in [0.1, 0.15) is 18.9 Å². The van der Waals surface area contributed by atoms with Gasteiger partial charge in [0, 0.05) is 13.6 Å². The number of nitrogens with zero attached hydrogens (tertiary/aromatic N) is 1. The maximum atomic E-state index is 5.64. The second-order valence-corrected chi connectivity index (χ2v) is 4.09. The number of halogens is 1. The highest BCUT2D eigenvalue weighted by molar-refractivity contribution is 14.0. The van der Waals surface area contributed by atoms with E-state index in [0.29, 0.717) is 6.61 Å². The molecule has 2 N–H and O–H groups in total. The summed E-state index contributed by atoms with van der Waals surface area (Å²) >= 11 is 0. The van der Waals surface area contributed by atoms with E-state index in [1.165, 1.54) is 5.56 Å². The van der Waals surface area contributed by atoms with Crippen LogP contribution in [0.3, 0.4) is 0 Å². The summed E-state index contributed by atoms with van der Waals surface area (Å²) in [5.41, 5.74) is 1.21. The Morgan fingerprint density at radius 1 is 1.26 bits per heavy atom. The van der Waals surface area contributed by atoms with Crippen LogP contribution in [0.4, 0.5) is 0 Å². The van der Waals surface area contributed by atoms with Crippen molar-refractivity contribution in [3.8, 4) is 5.75 Å². The molecule has 0 amide bonds. The Bertz CT molecular complexity index is 383. The number of hydrogen-bond acceptors (Lipinski definition) is 2. The van der Waals surface area contributed by atoms with Crippen LogP contribution in [-0.2, 0) is 0 Å². The first-order valence-electron chi connectivity index (χ1n) is 6.40. The number of hydrogen-bond donors (Lipinski definition) is 2. The van der Waals surface area contributed by atoms with Crippen LogP contribution >= 0.6 is 24.0 Å². The minimum atomic E-state index is 0. The van der Waals surface area contributed by atoms with Gasteiger partial charge in [-0.3, -0.25) is 4.99 Å². The highest BCUT2D eigenvalue weighted by Crippen LogP contribution is 2.11. The quantitative estimate of drug-likeness (QED) is 0.347. The Hall–Kier alpha value is -0.980. The smallest absolute Gasteiger partial charge is 0.191 e. The predicted molar refractivity (Wildman–Crippen MR) is 91.7 cm³/mol. The molecule has 0 heterocycles. The Balaban J connectivity index is 0.00000324. The molecule has 5 heteroatoms. The predicted octanol–water partition coefficient (Wildman–Crippen LogP) is 2.57. The molecule has 0 fully saturated rings. The lowest BCUT2D eigenvalue weighted by atomic mass is 10.2. The largest absolute Gasteiger partial charge is 0.492 e. The van der Waals surface area contributed by atoms with Crippen LogP contribution in [0.25, 0.3) is 0 Å². The SMILES string of the molecule is CCCNC(=NC)NCCOc1cccc(C)c1.I. The van der Waals surface area contributed by atoms with E-state index in [2.05, 4.69) is 35.5 Å². The molecule has 0 radical (unpaired) electrons. The van der Waals surface area contributed by atoms with Crippen molar-refractivity contribution in [1.82, 2.24) is 10.6 Å². The molecule has 0 spiro atoms. The maximum Gasteiger partial charge on any atom is 0.191 e. The second kappa shape index (κ2) is 10.9. The van der Waals surface area contributed by atoms with Gasteiger partial charge in [0.1, 0.15) is 12.4 Å². The topological polar surface area (TPSA) is 45.7 Å². The van der Waals surface area contributed by atoms with Crippen LogP contribution in [-0.4, -0.2) is 32.7 Å². The minimum absolute atomic E-state index is 0. The average molecular weight is 377 g/mol. The van der Waals surface area contributed by atoms with Crippen LogP contribution in [0.15, 0.2) is 29.3 Å². The van der Waals surface area contributed by atoms with Crippen LogP contribution < -0.4 is 15.4 Å². The van der Waals surface area contributed by atoms with E-state index in [0.717, 1.165) is 31.2 Å². The van der Waals surface area contributed by atoms with Crippen molar-refractivity contribution in [3.63, 3.8) is 0 Å². The Morgan fingerprint density at radius 3 is 2.63 bits per heavy atom. The molecule has 0 aliphatic carbocycles. The van der Waals surface area contributed by atoms with E-state index >= 15 is 0 Å². The lowest BCUT2D eigenvalue weighted by Gasteiger charge is -2.12. The first-order chi connectivity index (χ1) is 8.76. The molecule has 0 saturated heterocycles. The van der Waals surface area contributed by atoms with Crippen molar-refractivity contribution in [3.05, 3.63) is 29.8 Å². The third-order valence-electron chi connectivity index (χ3n) is 2.42. The summed E-state index contributed by atoms with van der Waals surface area (Å²) in [7, 11) is 1.77. The second-order valence-electron chi connectivity index (χ2n) is 4.09. The normalized spacial score (nSPS) is 10.6. The summed E-state index contributed by atoms with van der Waals surface area (Å²) in [6, 6.07) is 8.06. The molecule has 19 heavy (non-hydrogen) atoms. The molecule has 1 rings (SSSR count). The van der Waals surface area contributed by atoms with Crippen molar-refractivity contribution in [2.75, 3.05) is 26.7 Å². The van der Waals surface area contributed by atoms with Gasteiger partial charge in [-0.05, 0) is 31.0 Å². The van der Waals surface area contributed by atoms with E-state index in [-0.39, 0.29) is 24.0 Å². The fourth-order valence-electron chi connectivity index (χ4n) is 1.51. The summed E-state index contributed by atoms with van der Waals surface area (Å²) in [4.78, 5) is 4.12.